The monoisotopic (exact) mass is 516 g/mol. The maximum atomic E-state index is 4.57. The molecule has 0 aliphatic heterocycles. The number of fused-ring (bicyclic) bond motifs is 1. The molecule has 2 aromatic heterocycles. The van der Waals surface area contributed by atoms with E-state index < -0.39 is 0 Å². The van der Waals surface area contributed by atoms with Crippen LogP contribution in [0.15, 0.2) is 29.3 Å². The van der Waals surface area contributed by atoms with Crippen molar-refractivity contribution in [2.75, 3.05) is 32.0 Å². The number of thiazole rings is 2. The summed E-state index contributed by atoms with van der Waals surface area (Å²) < 4.78 is 1.20. The molecule has 2 heterocycles. The van der Waals surface area contributed by atoms with Gasteiger partial charge in [-0.05, 0) is 26.0 Å². The Morgan fingerprint density at radius 1 is 1.04 bits per heavy atom. The SMILES string of the molecule is CN=C(NCCNc1nc2ccccc2s1)NCCc1nc(C)c(C)s1.I. The summed E-state index contributed by atoms with van der Waals surface area (Å²) in [5.74, 6) is 0.807. The van der Waals surface area contributed by atoms with E-state index >= 15 is 0 Å². The Kier molecular flexibility index (Phi) is 8.71. The minimum atomic E-state index is 0. The van der Waals surface area contributed by atoms with Crippen molar-refractivity contribution >= 4 is 68.0 Å². The number of rotatable bonds is 7. The smallest absolute Gasteiger partial charge is 0.191 e. The van der Waals surface area contributed by atoms with Crippen LogP contribution in [0.4, 0.5) is 5.13 Å². The molecule has 0 spiro atoms. The number of guanidine groups is 1. The average Bonchev–Trinajstić information content (AvgIpc) is 3.19. The molecule has 0 atom stereocenters. The Morgan fingerprint density at radius 3 is 2.52 bits per heavy atom. The number of aliphatic imine (C=N–C) groups is 1. The predicted octanol–water partition coefficient (Wildman–Crippen LogP) is 3.81. The molecule has 0 saturated heterocycles. The van der Waals surface area contributed by atoms with Gasteiger partial charge in [0.2, 0.25) is 0 Å². The molecule has 0 fully saturated rings. The van der Waals surface area contributed by atoms with Crippen molar-refractivity contribution in [1.29, 1.82) is 0 Å². The molecule has 3 rings (SSSR count). The van der Waals surface area contributed by atoms with Crippen molar-refractivity contribution < 1.29 is 0 Å². The fourth-order valence-corrected chi connectivity index (χ4v) is 4.28. The number of hydrogen-bond donors (Lipinski definition) is 3. The molecule has 0 aliphatic carbocycles. The lowest BCUT2D eigenvalue weighted by Crippen LogP contribution is -2.40. The molecule has 0 radical (unpaired) electrons. The minimum Gasteiger partial charge on any atom is -0.360 e. The molecule has 27 heavy (non-hydrogen) atoms. The van der Waals surface area contributed by atoms with E-state index in [4.69, 9.17) is 0 Å². The first kappa shape index (κ1) is 21.8. The molecule has 3 aromatic rings. The summed E-state index contributed by atoms with van der Waals surface area (Å²) in [4.78, 5) is 14.7. The van der Waals surface area contributed by atoms with Gasteiger partial charge in [-0.1, -0.05) is 23.5 Å². The van der Waals surface area contributed by atoms with Crippen LogP contribution in [-0.4, -0.2) is 42.6 Å². The Morgan fingerprint density at radius 2 is 1.81 bits per heavy atom. The molecule has 1 aromatic carbocycles. The summed E-state index contributed by atoms with van der Waals surface area (Å²) in [7, 11) is 1.79. The number of aromatic nitrogens is 2. The topological polar surface area (TPSA) is 74.2 Å². The van der Waals surface area contributed by atoms with E-state index in [1.54, 1.807) is 29.7 Å². The second-order valence-corrected chi connectivity index (χ2v) is 8.16. The Bertz CT molecular complexity index is 836. The van der Waals surface area contributed by atoms with Crippen LogP contribution in [0.1, 0.15) is 15.6 Å². The number of aryl methyl sites for hydroxylation is 2. The number of anilines is 1. The van der Waals surface area contributed by atoms with Gasteiger partial charge in [0, 0.05) is 38.0 Å². The lowest BCUT2D eigenvalue weighted by atomic mass is 10.3. The zero-order valence-electron chi connectivity index (χ0n) is 15.7. The van der Waals surface area contributed by atoms with Gasteiger partial charge in [0.1, 0.15) is 0 Å². The molecule has 0 aliphatic rings. The second kappa shape index (κ2) is 10.8. The molecular formula is C18H25IN6S2. The first-order valence-electron chi connectivity index (χ1n) is 8.62. The average molecular weight is 516 g/mol. The number of nitrogens with one attached hydrogen (secondary N) is 3. The third kappa shape index (κ3) is 6.28. The van der Waals surface area contributed by atoms with E-state index in [0.717, 1.165) is 48.4 Å². The van der Waals surface area contributed by atoms with Gasteiger partial charge in [0.05, 0.1) is 20.9 Å². The summed E-state index contributed by atoms with van der Waals surface area (Å²) in [5, 5.41) is 12.1. The Hall–Kier alpha value is -1.46. The van der Waals surface area contributed by atoms with Crippen LogP contribution in [0.2, 0.25) is 0 Å². The van der Waals surface area contributed by atoms with Crippen LogP contribution >= 0.6 is 46.7 Å². The standard InChI is InChI=1S/C18H24N6S2.HI/c1-12-13(2)25-16(23-12)8-9-20-17(19-3)21-10-11-22-18-24-14-6-4-5-7-15(14)26-18;/h4-7H,8-11H2,1-3H3,(H,22,24)(H2,19,20,21);1H. The molecule has 0 unspecified atom stereocenters. The van der Waals surface area contributed by atoms with Gasteiger partial charge < -0.3 is 16.0 Å². The quantitative estimate of drug-likeness (QED) is 0.193. The van der Waals surface area contributed by atoms with Gasteiger partial charge in [-0.3, -0.25) is 4.99 Å². The molecule has 6 nitrogen and oxygen atoms in total. The molecular weight excluding hydrogens is 491 g/mol. The van der Waals surface area contributed by atoms with E-state index in [2.05, 4.69) is 50.8 Å². The summed E-state index contributed by atoms with van der Waals surface area (Å²) in [6.45, 7) is 6.54. The lowest BCUT2D eigenvalue weighted by molar-refractivity contribution is 0.794. The van der Waals surface area contributed by atoms with Crippen LogP contribution in [-0.2, 0) is 6.42 Å². The van der Waals surface area contributed by atoms with Crippen molar-refractivity contribution in [3.8, 4) is 0 Å². The molecule has 0 amide bonds. The van der Waals surface area contributed by atoms with Crippen LogP contribution < -0.4 is 16.0 Å². The molecule has 146 valence electrons. The third-order valence-electron chi connectivity index (χ3n) is 3.92. The van der Waals surface area contributed by atoms with E-state index in [-0.39, 0.29) is 24.0 Å². The predicted molar refractivity (Wildman–Crippen MR) is 128 cm³/mol. The molecule has 9 heteroatoms. The number of nitrogens with zero attached hydrogens (tertiary/aromatic N) is 3. The van der Waals surface area contributed by atoms with Gasteiger partial charge in [-0.2, -0.15) is 0 Å². The zero-order valence-corrected chi connectivity index (χ0v) is 19.7. The van der Waals surface area contributed by atoms with Crippen LogP contribution in [0, 0.1) is 13.8 Å². The van der Waals surface area contributed by atoms with Crippen molar-refractivity contribution in [2.45, 2.75) is 20.3 Å². The zero-order chi connectivity index (χ0) is 18.4. The summed E-state index contributed by atoms with van der Waals surface area (Å²) in [6.07, 6.45) is 0.907. The van der Waals surface area contributed by atoms with E-state index in [9.17, 15) is 0 Å². The maximum Gasteiger partial charge on any atom is 0.191 e. The molecule has 0 bridgehead atoms. The minimum absolute atomic E-state index is 0. The summed E-state index contributed by atoms with van der Waals surface area (Å²) in [5.41, 5.74) is 2.17. The Labute approximate surface area is 184 Å². The number of halogens is 1. The molecule has 0 saturated carbocycles. The van der Waals surface area contributed by atoms with Gasteiger partial charge in [-0.25, -0.2) is 9.97 Å². The summed E-state index contributed by atoms with van der Waals surface area (Å²) >= 11 is 3.44. The van der Waals surface area contributed by atoms with Crippen molar-refractivity contribution in [3.05, 3.63) is 39.8 Å². The van der Waals surface area contributed by atoms with Crippen LogP contribution in [0.5, 0.6) is 0 Å². The highest BCUT2D eigenvalue weighted by molar-refractivity contribution is 14.0. The number of para-hydroxylation sites is 1. The highest BCUT2D eigenvalue weighted by atomic mass is 127. The van der Waals surface area contributed by atoms with Crippen molar-refractivity contribution in [1.82, 2.24) is 20.6 Å². The number of benzene rings is 1. The van der Waals surface area contributed by atoms with Crippen LogP contribution in [0.3, 0.4) is 0 Å². The van der Waals surface area contributed by atoms with E-state index in [0.29, 0.717) is 0 Å². The third-order valence-corrected chi connectivity index (χ3v) is 6.04. The lowest BCUT2D eigenvalue weighted by Gasteiger charge is -2.11. The van der Waals surface area contributed by atoms with Crippen molar-refractivity contribution in [3.63, 3.8) is 0 Å². The van der Waals surface area contributed by atoms with E-state index in [1.165, 1.54) is 14.6 Å². The maximum absolute atomic E-state index is 4.57. The Balaban J connectivity index is 0.00000261. The largest absolute Gasteiger partial charge is 0.360 e. The summed E-state index contributed by atoms with van der Waals surface area (Å²) in [6, 6.07) is 8.17. The fourth-order valence-electron chi connectivity index (χ4n) is 2.45. The van der Waals surface area contributed by atoms with Gasteiger partial charge >= 0.3 is 0 Å². The van der Waals surface area contributed by atoms with Crippen LogP contribution in [0.25, 0.3) is 10.2 Å². The number of hydrogen-bond acceptors (Lipinski definition) is 6. The normalized spacial score (nSPS) is 11.3. The molecule has 3 N–H and O–H groups in total. The van der Waals surface area contributed by atoms with Crippen molar-refractivity contribution in [2.24, 2.45) is 4.99 Å². The van der Waals surface area contributed by atoms with Gasteiger partial charge in [0.15, 0.2) is 11.1 Å². The first-order chi connectivity index (χ1) is 12.7. The van der Waals surface area contributed by atoms with Gasteiger partial charge in [0.25, 0.3) is 0 Å². The van der Waals surface area contributed by atoms with Gasteiger partial charge in [-0.15, -0.1) is 35.3 Å². The fraction of sp³-hybridized carbons (Fsp3) is 0.389. The highest BCUT2D eigenvalue weighted by Gasteiger charge is 2.05. The highest BCUT2D eigenvalue weighted by Crippen LogP contribution is 2.24. The van der Waals surface area contributed by atoms with E-state index in [1.807, 2.05) is 18.2 Å². The first-order valence-corrected chi connectivity index (χ1v) is 10.3. The second-order valence-electron chi connectivity index (χ2n) is 5.84.